The summed E-state index contributed by atoms with van der Waals surface area (Å²) in [4.78, 5) is 30.2. The first-order valence-corrected chi connectivity index (χ1v) is 16.8. The van der Waals surface area contributed by atoms with Crippen LogP contribution in [-0.2, 0) is 20.8 Å². The van der Waals surface area contributed by atoms with E-state index in [1.807, 2.05) is 37.3 Å². The fourth-order valence-corrected chi connectivity index (χ4v) is 6.29. The Morgan fingerprint density at radius 3 is 2.59 bits per heavy atom. The number of methoxy groups -OCH3 is 1. The van der Waals surface area contributed by atoms with E-state index in [0.717, 1.165) is 21.2 Å². The quantitative estimate of drug-likeness (QED) is 0.0722. The molecule has 12 heteroatoms. The van der Waals surface area contributed by atoms with Crippen LogP contribution in [0.3, 0.4) is 0 Å². The average molecular weight is 662 g/mol. The molecule has 1 atom stereocenters. The summed E-state index contributed by atoms with van der Waals surface area (Å²) in [6.45, 7) is 2.39. The lowest BCUT2D eigenvalue weighted by atomic mass is 10.2. The molecule has 5 aromatic rings. The minimum absolute atomic E-state index is 0.0336. The molecule has 46 heavy (non-hydrogen) atoms. The third-order valence-corrected chi connectivity index (χ3v) is 9.32. The molecular formula is C34H32FN3O6S2. The van der Waals surface area contributed by atoms with Gasteiger partial charge in [0, 0.05) is 35.3 Å². The van der Waals surface area contributed by atoms with Crippen molar-refractivity contribution in [3.05, 3.63) is 90.9 Å². The molecule has 2 heterocycles. The van der Waals surface area contributed by atoms with Crippen molar-refractivity contribution in [1.29, 1.82) is 0 Å². The summed E-state index contributed by atoms with van der Waals surface area (Å²) >= 11 is 0.644. The second kappa shape index (κ2) is 15.6. The normalized spacial score (nSPS) is 11.6. The number of carbonyl (C=O) groups excluding carboxylic acids is 2. The zero-order chi connectivity index (χ0) is 32.5. The maximum absolute atomic E-state index is 15.1. The van der Waals surface area contributed by atoms with E-state index >= 15 is 4.39 Å². The van der Waals surface area contributed by atoms with E-state index in [0.29, 0.717) is 53.0 Å². The molecule has 0 radical (unpaired) electrons. The van der Waals surface area contributed by atoms with Crippen molar-refractivity contribution < 1.29 is 32.7 Å². The summed E-state index contributed by atoms with van der Waals surface area (Å²) in [5.41, 5.74) is 2.25. The highest BCUT2D eigenvalue weighted by Gasteiger charge is 2.16. The number of benzene rings is 3. The molecule has 3 aromatic carbocycles. The van der Waals surface area contributed by atoms with Crippen molar-refractivity contribution in [1.82, 2.24) is 4.98 Å². The number of pyridine rings is 1. The van der Waals surface area contributed by atoms with Crippen molar-refractivity contribution >= 4 is 55.9 Å². The molecule has 0 bridgehead atoms. The molecule has 9 nitrogen and oxygen atoms in total. The van der Waals surface area contributed by atoms with Crippen molar-refractivity contribution in [2.45, 2.75) is 19.8 Å². The molecule has 0 aliphatic rings. The van der Waals surface area contributed by atoms with Gasteiger partial charge < -0.3 is 29.4 Å². The second-order valence-corrected chi connectivity index (χ2v) is 12.9. The third-order valence-electron chi connectivity index (χ3n) is 6.74. The highest BCUT2D eigenvalue weighted by molar-refractivity contribution is 7.91. The van der Waals surface area contributed by atoms with E-state index in [1.165, 1.54) is 30.6 Å². The van der Waals surface area contributed by atoms with Gasteiger partial charge in [0.2, 0.25) is 11.8 Å². The summed E-state index contributed by atoms with van der Waals surface area (Å²) in [7, 11) is 1.48. The number of nitrogens with zero attached hydrogens (tertiary/aromatic N) is 1. The first-order chi connectivity index (χ1) is 22.3. The van der Waals surface area contributed by atoms with Crippen molar-refractivity contribution in [2.24, 2.45) is 0 Å². The highest BCUT2D eigenvalue weighted by atomic mass is 32.2. The molecule has 0 fully saturated rings. The Morgan fingerprint density at radius 1 is 0.957 bits per heavy atom. The first kappa shape index (κ1) is 32.7. The SMILES string of the molecule is CC[S+]([O-])CCCOc1cccc(-c2cc3nccc(Oc4ccc(NC(=O)CC(=O)Nc5ccccc5OC)cc4F)c3s2)c1. The number of aromatic nitrogens is 1. The Hall–Kier alpha value is -4.65. The van der Waals surface area contributed by atoms with Gasteiger partial charge in [-0.05, 0) is 55.0 Å². The van der Waals surface area contributed by atoms with Gasteiger partial charge in [-0.15, -0.1) is 11.3 Å². The summed E-state index contributed by atoms with van der Waals surface area (Å²) in [5, 5.41) is 5.17. The van der Waals surface area contributed by atoms with Gasteiger partial charge in [0.25, 0.3) is 0 Å². The number of rotatable bonds is 14. The van der Waals surface area contributed by atoms with Crippen molar-refractivity contribution in [3.8, 4) is 33.4 Å². The van der Waals surface area contributed by atoms with Gasteiger partial charge >= 0.3 is 0 Å². The minimum Gasteiger partial charge on any atom is -0.616 e. The van der Waals surface area contributed by atoms with Crippen LogP contribution in [0.2, 0.25) is 0 Å². The number of hydrogen-bond acceptors (Lipinski definition) is 8. The van der Waals surface area contributed by atoms with Crippen LogP contribution in [0.25, 0.3) is 20.7 Å². The number of para-hydroxylation sites is 2. The van der Waals surface area contributed by atoms with Crippen LogP contribution >= 0.6 is 11.3 Å². The van der Waals surface area contributed by atoms with Crippen molar-refractivity contribution in [2.75, 3.05) is 35.9 Å². The number of hydrogen-bond donors (Lipinski definition) is 2. The number of carbonyl (C=O) groups is 2. The van der Waals surface area contributed by atoms with E-state index in [-0.39, 0.29) is 11.4 Å². The smallest absolute Gasteiger partial charge is 0.233 e. The number of fused-ring (bicyclic) bond motifs is 1. The van der Waals surface area contributed by atoms with Gasteiger partial charge in [0.15, 0.2) is 11.6 Å². The molecule has 0 aliphatic heterocycles. The molecule has 0 spiro atoms. The van der Waals surface area contributed by atoms with Gasteiger partial charge in [-0.3, -0.25) is 14.6 Å². The van der Waals surface area contributed by atoms with Crippen LogP contribution in [0.5, 0.6) is 23.0 Å². The summed E-state index contributed by atoms with van der Waals surface area (Å²) < 4.78 is 44.5. The molecule has 2 amide bonds. The zero-order valence-corrected chi connectivity index (χ0v) is 26.8. The standard InChI is InChI=1S/C34H32FN3O6S2/c1-3-46(41)17-7-16-43-24-9-6-8-22(18-24)31-20-27-34(45-31)30(14-15-36-27)44-28-13-12-23(19-25(28)35)37-32(39)21-33(40)38-26-10-4-5-11-29(26)42-2/h4-6,8-15,18-20H,3,7,16-17,21H2,1-2H3,(H,37,39)(H,38,40). The molecule has 0 saturated carbocycles. The number of anilines is 2. The zero-order valence-electron chi connectivity index (χ0n) is 25.2. The second-order valence-electron chi connectivity index (χ2n) is 10.0. The number of amides is 2. The third kappa shape index (κ3) is 8.53. The highest BCUT2D eigenvalue weighted by Crippen LogP contribution is 2.40. The van der Waals surface area contributed by atoms with Crippen LogP contribution in [0.1, 0.15) is 19.8 Å². The predicted molar refractivity (Wildman–Crippen MR) is 180 cm³/mol. The Labute approximate surface area is 272 Å². The maximum atomic E-state index is 15.1. The molecular weight excluding hydrogens is 630 g/mol. The Balaban J connectivity index is 1.22. The maximum Gasteiger partial charge on any atom is 0.233 e. The lowest BCUT2D eigenvalue weighted by Crippen LogP contribution is -2.21. The van der Waals surface area contributed by atoms with Gasteiger partial charge in [0.05, 0.1) is 29.6 Å². The van der Waals surface area contributed by atoms with E-state index < -0.39 is 35.2 Å². The van der Waals surface area contributed by atoms with Gasteiger partial charge in [0.1, 0.15) is 35.2 Å². The molecule has 2 N–H and O–H groups in total. The van der Waals surface area contributed by atoms with Gasteiger partial charge in [-0.25, -0.2) is 4.39 Å². The minimum atomic E-state index is -0.814. The number of thiophene rings is 1. The summed E-state index contributed by atoms with van der Waals surface area (Å²) in [5.74, 6) is 1.00. The molecule has 5 rings (SSSR count). The van der Waals surface area contributed by atoms with Gasteiger partial charge in [-0.1, -0.05) is 35.4 Å². The number of nitrogens with one attached hydrogen (secondary N) is 2. The summed E-state index contributed by atoms with van der Waals surface area (Å²) in [6, 6.07) is 22.2. The lowest BCUT2D eigenvalue weighted by Gasteiger charge is -2.11. The predicted octanol–water partition coefficient (Wildman–Crippen LogP) is 7.41. The topological polar surface area (TPSA) is 122 Å². The van der Waals surface area contributed by atoms with Crippen LogP contribution in [0.15, 0.2) is 85.1 Å². The van der Waals surface area contributed by atoms with E-state index in [1.54, 1.807) is 36.5 Å². The van der Waals surface area contributed by atoms with E-state index in [9.17, 15) is 14.1 Å². The number of ether oxygens (including phenoxy) is 3. The van der Waals surface area contributed by atoms with Crippen LogP contribution in [-0.4, -0.2) is 46.6 Å². The first-order valence-electron chi connectivity index (χ1n) is 14.5. The van der Waals surface area contributed by atoms with Crippen molar-refractivity contribution in [3.63, 3.8) is 0 Å². The fraction of sp³-hybridized carbons (Fsp3) is 0.206. The number of halogens is 1. The molecule has 1 unspecified atom stereocenters. The lowest BCUT2D eigenvalue weighted by molar-refractivity contribution is -0.123. The average Bonchev–Trinajstić information content (AvgIpc) is 3.50. The Kier molecular flexibility index (Phi) is 11.1. The van der Waals surface area contributed by atoms with Crippen LogP contribution in [0, 0.1) is 5.82 Å². The summed E-state index contributed by atoms with van der Waals surface area (Å²) in [6.07, 6.45) is 1.84. The molecule has 0 aliphatic carbocycles. The van der Waals surface area contributed by atoms with E-state index in [2.05, 4.69) is 15.6 Å². The Bertz CT molecular complexity index is 1830. The monoisotopic (exact) mass is 661 g/mol. The molecule has 2 aromatic heterocycles. The van der Waals surface area contributed by atoms with Gasteiger partial charge in [-0.2, -0.15) is 0 Å². The van der Waals surface area contributed by atoms with Crippen LogP contribution in [0.4, 0.5) is 15.8 Å². The van der Waals surface area contributed by atoms with Crippen LogP contribution < -0.4 is 24.8 Å². The molecule has 0 saturated heterocycles. The largest absolute Gasteiger partial charge is 0.616 e. The fourth-order valence-electron chi connectivity index (χ4n) is 4.50. The Morgan fingerprint density at radius 2 is 1.78 bits per heavy atom. The molecule has 238 valence electrons. The van der Waals surface area contributed by atoms with E-state index in [4.69, 9.17) is 14.2 Å².